The largest absolute Gasteiger partial charge is 0.495 e. The average Bonchev–Trinajstić information content (AvgIpc) is 2.56. The molecule has 2 rings (SSSR count). The van der Waals surface area contributed by atoms with Crippen LogP contribution in [0.15, 0.2) is 17.0 Å². The Labute approximate surface area is 145 Å². The molecule has 10 heteroatoms. The molecule has 0 aliphatic carbocycles. The summed E-state index contributed by atoms with van der Waals surface area (Å²) in [7, 11) is -2.90. The molecule has 1 aliphatic rings. The molecule has 0 radical (unpaired) electrons. The smallest absolute Gasteiger partial charge is 0.321 e. The molecule has 0 saturated carbocycles. The zero-order valence-electron chi connectivity index (χ0n) is 13.9. The van der Waals surface area contributed by atoms with Crippen molar-refractivity contribution < 1.29 is 32.6 Å². The molecule has 1 aromatic carbocycles. The molecule has 1 atom stereocenters. The zero-order chi connectivity index (χ0) is 18.6. The summed E-state index contributed by atoms with van der Waals surface area (Å²) in [5, 5.41) is 11.8. The van der Waals surface area contributed by atoms with E-state index >= 15 is 0 Å². The Morgan fingerprint density at radius 3 is 2.80 bits per heavy atom. The van der Waals surface area contributed by atoms with E-state index in [1.54, 1.807) is 0 Å². The molecule has 1 amide bonds. The van der Waals surface area contributed by atoms with Gasteiger partial charge in [0.05, 0.1) is 12.8 Å². The molecule has 138 valence electrons. The predicted molar refractivity (Wildman–Crippen MR) is 88.4 cm³/mol. The molecule has 1 heterocycles. The standard InChI is InChI=1S/C15H20N2O7S/c1-3-4-5-9(15(19)20)17-25(21,22)13-7-11-10(6-12(13)23-2)16-14(18)8-24-11/h6-7,9,17H,3-5,8H2,1-2H3,(H,16,18)(H,19,20)/t9-/m0/s1. The Bertz CT molecular complexity index is 776. The quantitative estimate of drug-likeness (QED) is 0.619. The number of carboxylic acid groups (broad SMARTS) is 1. The number of nitrogens with one attached hydrogen (secondary N) is 2. The van der Waals surface area contributed by atoms with Gasteiger partial charge in [-0.15, -0.1) is 0 Å². The van der Waals surface area contributed by atoms with E-state index in [0.717, 1.165) is 6.42 Å². The number of carbonyl (C=O) groups excluding carboxylic acids is 1. The highest BCUT2D eigenvalue weighted by molar-refractivity contribution is 7.89. The number of ether oxygens (including phenoxy) is 2. The van der Waals surface area contributed by atoms with Crippen LogP contribution in [0.4, 0.5) is 5.69 Å². The number of rotatable bonds is 8. The normalized spacial score (nSPS) is 14.9. The second kappa shape index (κ2) is 7.70. The van der Waals surface area contributed by atoms with Crippen LogP contribution in [0.1, 0.15) is 26.2 Å². The molecule has 9 nitrogen and oxygen atoms in total. The fraction of sp³-hybridized carbons (Fsp3) is 0.467. The molecular formula is C15H20N2O7S. The van der Waals surface area contributed by atoms with Gasteiger partial charge in [0.2, 0.25) is 10.0 Å². The number of methoxy groups -OCH3 is 1. The van der Waals surface area contributed by atoms with Crippen LogP contribution in [0.2, 0.25) is 0 Å². The lowest BCUT2D eigenvalue weighted by Crippen LogP contribution is -2.40. The topological polar surface area (TPSA) is 131 Å². The number of amides is 1. The summed E-state index contributed by atoms with van der Waals surface area (Å²) in [6, 6.07) is 1.28. The van der Waals surface area contributed by atoms with Gasteiger partial charge in [0, 0.05) is 12.1 Å². The Morgan fingerprint density at radius 1 is 1.48 bits per heavy atom. The minimum absolute atomic E-state index is 0.0309. The van der Waals surface area contributed by atoms with E-state index in [2.05, 4.69) is 10.0 Å². The second-order valence-corrected chi connectivity index (χ2v) is 7.17. The van der Waals surface area contributed by atoms with Crippen LogP contribution >= 0.6 is 0 Å². The van der Waals surface area contributed by atoms with E-state index < -0.39 is 22.0 Å². The fourth-order valence-electron chi connectivity index (χ4n) is 2.35. The first-order valence-corrected chi connectivity index (χ1v) is 9.16. The van der Waals surface area contributed by atoms with Crippen LogP contribution in [-0.4, -0.2) is 45.2 Å². The van der Waals surface area contributed by atoms with Crippen LogP contribution in [0.25, 0.3) is 0 Å². The van der Waals surface area contributed by atoms with E-state index in [1.165, 1.54) is 19.2 Å². The van der Waals surface area contributed by atoms with Crippen molar-refractivity contribution in [1.82, 2.24) is 4.72 Å². The molecule has 1 aliphatic heterocycles. The van der Waals surface area contributed by atoms with Gasteiger partial charge in [-0.2, -0.15) is 4.72 Å². The maximum absolute atomic E-state index is 12.6. The molecule has 0 spiro atoms. The van der Waals surface area contributed by atoms with Gasteiger partial charge >= 0.3 is 5.97 Å². The van der Waals surface area contributed by atoms with Crippen molar-refractivity contribution in [2.45, 2.75) is 37.1 Å². The van der Waals surface area contributed by atoms with Gasteiger partial charge in [-0.3, -0.25) is 9.59 Å². The number of benzene rings is 1. The van der Waals surface area contributed by atoms with Gasteiger partial charge in [-0.25, -0.2) is 8.42 Å². The molecule has 0 unspecified atom stereocenters. The summed E-state index contributed by atoms with van der Waals surface area (Å²) < 4.78 is 37.8. The highest BCUT2D eigenvalue weighted by atomic mass is 32.2. The van der Waals surface area contributed by atoms with Crippen molar-refractivity contribution in [3.8, 4) is 11.5 Å². The van der Waals surface area contributed by atoms with Gasteiger partial charge in [-0.05, 0) is 6.42 Å². The SMILES string of the molecule is CCCC[C@H](NS(=O)(=O)c1cc2c(cc1OC)NC(=O)CO2)C(=O)O. The molecule has 0 aromatic heterocycles. The van der Waals surface area contributed by atoms with Gasteiger partial charge in [0.1, 0.15) is 22.4 Å². The molecule has 0 saturated heterocycles. The maximum Gasteiger partial charge on any atom is 0.321 e. The number of hydrogen-bond acceptors (Lipinski definition) is 6. The lowest BCUT2D eigenvalue weighted by molar-refractivity contribution is -0.139. The van der Waals surface area contributed by atoms with Crippen LogP contribution in [-0.2, 0) is 19.6 Å². The summed E-state index contributed by atoms with van der Waals surface area (Å²) in [6.07, 6.45) is 1.47. The molecule has 3 N–H and O–H groups in total. The maximum atomic E-state index is 12.6. The predicted octanol–water partition coefficient (Wildman–Crippen LogP) is 0.948. The van der Waals surface area contributed by atoms with Crippen molar-refractivity contribution in [3.63, 3.8) is 0 Å². The second-order valence-electron chi connectivity index (χ2n) is 5.49. The average molecular weight is 372 g/mol. The highest BCUT2D eigenvalue weighted by Crippen LogP contribution is 2.37. The molecule has 25 heavy (non-hydrogen) atoms. The molecule has 0 fully saturated rings. The number of sulfonamides is 1. The lowest BCUT2D eigenvalue weighted by Gasteiger charge is -2.21. The summed E-state index contributed by atoms with van der Waals surface area (Å²) in [5.74, 6) is -1.48. The number of carbonyl (C=O) groups is 2. The Kier molecular flexibility index (Phi) is 5.85. The summed E-state index contributed by atoms with van der Waals surface area (Å²) >= 11 is 0. The van der Waals surface area contributed by atoms with Crippen molar-refractivity contribution >= 4 is 27.6 Å². The molecular weight excluding hydrogens is 352 g/mol. The minimum Gasteiger partial charge on any atom is -0.495 e. The van der Waals surface area contributed by atoms with Crippen LogP contribution in [0, 0.1) is 0 Å². The number of anilines is 1. The third-order valence-electron chi connectivity index (χ3n) is 3.63. The monoisotopic (exact) mass is 372 g/mol. The van der Waals surface area contributed by atoms with Gasteiger partial charge in [0.25, 0.3) is 5.91 Å². The molecule has 1 aromatic rings. The van der Waals surface area contributed by atoms with E-state index in [0.29, 0.717) is 6.42 Å². The highest BCUT2D eigenvalue weighted by Gasteiger charge is 2.30. The number of unbranched alkanes of at least 4 members (excludes halogenated alkanes) is 1. The summed E-state index contributed by atoms with van der Waals surface area (Å²) in [5.41, 5.74) is 0.285. The van der Waals surface area contributed by atoms with E-state index in [1.807, 2.05) is 6.92 Å². The first-order valence-electron chi connectivity index (χ1n) is 7.68. The molecule has 0 bridgehead atoms. The van der Waals surface area contributed by atoms with Crippen molar-refractivity contribution in [2.24, 2.45) is 0 Å². The van der Waals surface area contributed by atoms with Crippen LogP contribution < -0.4 is 19.5 Å². The Hall–Kier alpha value is -2.33. The first-order chi connectivity index (χ1) is 11.8. The first kappa shape index (κ1) is 19.0. The van der Waals surface area contributed by atoms with Crippen molar-refractivity contribution in [1.29, 1.82) is 0 Å². The van der Waals surface area contributed by atoms with Gasteiger partial charge in [-0.1, -0.05) is 19.8 Å². The third kappa shape index (κ3) is 4.40. The minimum atomic E-state index is -4.17. The van der Waals surface area contributed by atoms with E-state index in [4.69, 9.17) is 9.47 Å². The lowest BCUT2D eigenvalue weighted by atomic mass is 10.1. The zero-order valence-corrected chi connectivity index (χ0v) is 14.7. The number of carboxylic acids is 1. The van der Waals surface area contributed by atoms with E-state index in [-0.39, 0.29) is 41.0 Å². The van der Waals surface area contributed by atoms with E-state index in [9.17, 15) is 23.1 Å². The van der Waals surface area contributed by atoms with Crippen LogP contribution in [0.5, 0.6) is 11.5 Å². The number of fused-ring (bicyclic) bond motifs is 1. The van der Waals surface area contributed by atoms with Gasteiger partial charge in [0.15, 0.2) is 6.61 Å². The fourth-order valence-corrected chi connectivity index (χ4v) is 3.74. The number of hydrogen-bond donors (Lipinski definition) is 3. The third-order valence-corrected chi connectivity index (χ3v) is 5.12. The summed E-state index contributed by atoms with van der Waals surface area (Å²) in [4.78, 5) is 22.4. The van der Waals surface area contributed by atoms with Crippen molar-refractivity contribution in [2.75, 3.05) is 19.0 Å². The summed E-state index contributed by atoms with van der Waals surface area (Å²) in [6.45, 7) is 1.64. The van der Waals surface area contributed by atoms with Crippen molar-refractivity contribution in [3.05, 3.63) is 12.1 Å². The Morgan fingerprint density at radius 2 is 2.20 bits per heavy atom. The number of aliphatic carboxylic acids is 1. The Balaban J connectivity index is 2.37. The van der Waals surface area contributed by atoms with Gasteiger partial charge < -0.3 is 19.9 Å². The van der Waals surface area contributed by atoms with Crippen LogP contribution in [0.3, 0.4) is 0 Å².